The Bertz CT molecular complexity index is 852. The molecule has 0 N–H and O–H groups in total. The molecule has 3 aromatic rings. The van der Waals surface area contributed by atoms with E-state index in [-0.39, 0.29) is 0 Å². The van der Waals surface area contributed by atoms with Crippen molar-refractivity contribution in [3.63, 3.8) is 0 Å². The summed E-state index contributed by atoms with van der Waals surface area (Å²) >= 11 is 0. The van der Waals surface area contributed by atoms with Gasteiger partial charge in [0.1, 0.15) is 5.65 Å². The van der Waals surface area contributed by atoms with E-state index >= 15 is 0 Å². The Hall–Kier alpha value is -2.82. The molecule has 0 aliphatic carbocycles. The Morgan fingerprint density at radius 2 is 1.86 bits per heavy atom. The average molecular weight is 296 g/mol. The molecule has 3 rings (SSSR count). The van der Waals surface area contributed by atoms with Crippen molar-refractivity contribution in [3.8, 4) is 22.8 Å². The van der Waals surface area contributed by atoms with Gasteiger partial charge >= 0.3 is 0 Å². The summed E-state index contributed by atoms with van der Waals surface area (Å²) in [6.45, 7) is 1.97. The van der Waals surface area contributed by atoms with Gasteiger partial charge in [0, 0.05) is 23.0 Å². The molecular formula is C17H16N2O3. The first kappa shape index (κ1) is 14.1. The van der Waals surface area contributed by atoms with Gasteiger partial charge in [-0.2, -0.15) is 0 Å². The van der Waals surface area contributed by atoms with Crippen LogP contribution in [0.5, 0.6) is 11.5 Å². The number of nitrogens with zero attached hydrogens (tertiary/aromatic N) is 2. The zero-order chi connectivity index (χ0) is 15.7. The Kier molecular flexibility index (Phi) is 3.55. The van der Waals surface area contributed by atoms with E-state index in [4.69, 9.17) is 9.47 Å². The lowest BCUT2D eigenvalue weighted by Gasteiger charge is -2.08. The van der Waals surface area contributed by atoms with E-state index in [9.17, 15) is 4.79 Å². The number of aryl methyl sites for hydroxylation is 1. The van der Waals surface area contributed by atoms with Gasteiger partial charge in [-0.15, -0.1) is 0 Å². The number of methoxy groups -OCH3 is 2. The molecule has 0 saturated carbocycles. The highest BCUT2D eigenvalue weighted by molar-refractivity contribution is 5.76. The molecule has 112 valence electrons. The smallest absolute Gasteiger partial charge is 0.161 e. The van der Waals surface area contributed by atoms with E-state index in [2.05, 4.69) is 4.98 Å². The van der Waals surface area contributed by atoms with Crippen LogP contribution in [0.3, 0.4) is 0 Å². The van der Waals surface area contributed by atoms with E-state index < -0.39 is 0 Å². The number of ether oxygens (including phenoxy) is 2. The second-order valence-corrected chi connectivity index (χ2v) is 4.92. The van der Waals surface area contributed by atoms with E-state index in [1.165, 1.54) is 0 Å². The molecule has 0 bridgehead atoms. The number of aldehydes is 1. The van der Waals surface area contributed by atoms with Crippen LogP contribution < -0.4 is 9.47 Å². The summed E-state index contributed by atoms with van der Waals surface area (Å²) in [6, 6.07) is 9.29. The number of pyridine rings is 1. The van der Waals surface area contributed by atoms with Crippen LogP contribution in [-0.4, -0.2) is 29.9 Å². The minimum atomic E-state index is 0.617. The van der Waals surface area contributed by atoms with Crippen molar-refractivity contribution < 1.29 is 14.3 Å². The van der Waals surface area contributed by atoms with E-state index in [1.54, 1.807) is 26.5 Å². The molecule has 0 radical (unpaired) electrons. The number of aromatic nitrogens is 2. The van der Waals surface area contributed by atoms with Gasteiger partial charge < -0.3 is 13.9 Å². The Balaban J connectivity index is 2.17. The van der Waals surface area contributed by atoms with Crippen molar-refractivity contribution in [2.75, 3.05) is 14.2 Å². The normalized spacial score (nSPS) is 10.7. The highest BCUT2D eigenvalue weighted by Crippen LogP contribution is 2.33. The van der Waals surface area contributed by atoms with Crippen LogP contribution in [0.2, 0.25) is 0 Å². The number of hydrogen-bond donors (Lipinski definition) is 0. The lowest BCUT2D eigenvalue weighted by molar-refractivity contribution is 0.112. The fourth-order valence-corrected chi connectivity index (χ4v) is 2.51. The standard InChI is InChI=1S/C17H16N2O3/c1-11-17(13-5-6-14(21-2)15(8-13)22-3)18-16-7-4-12(10-20)9-19(11)16/h4-10H,1-3H3. The van der Waals surface area contributed by atoms with Crippen LogP contribution in [0.15, 0.2) is 36.5 Å². The molecule has 2 aromatic heterocycles. The molecule has 0 atom stereocenters. The second kappa shape index (κ2) is 5.52. The molecule has 2 heterocycles. The molecule has 0 unspecified atom stereocenters. The number of rotatable bonds is 4. The summed E-state index contributed by atoms with van der Waals surface area (Å²) < 4.78 is 12.5. The van der Waals surface area contributed by atoms with Gasteiger partial charge in [0.2, 0.25) is 0 Å². The molecular weight excluding hydrogens is 280 g/mol. The van der Waals surface area contributed by atoms with E-state index in [1.807, 2.05) is 35.6 Å². The summed E-state index contributed by atoms with van der Waals surface area (Å²) in [5.41, 5.74) is 4.17. The van der Waals surface area contributed by atoms with Gasteiger partial charge in [-0.05, 0) is 37.3 Å². The summed E-state index contributed by atoms with van der Waals surface area (Å²) in [5.74, 6) is 1.33. The summed E-state index contributed by atoms with van der Waals surface area (Å²) in [4.78, 5) is 15.6. The van der Waals surface area contributed by atoms with Crippen LogP contribution in [0.1, 0.15) is 16.1 Å². The fraction of sp³-hybridized carbons (Fsp3) is 0.176. The third-order valence-corrected chi connectivity index (χ3v) is 3.67. The van der Waals surface area contributed by atoms with Gasteiger partial charge in [-0.1, -0.05) is 0 Å². The molecule has 0 fully saturated rings. The lowest BCUT2D eigenvalue weighted by Crippen LogP contribution is -1.92. The topological polar surface area (TPSA) is 52.8 Å². The molecule has 1 aromatic carbocycles. The minimum Gasteiger partial charge on any atom is -0.493 e. The summed E-state index contributed by atoms with van der Waals surface area (Å²) in [7, 11) is 3.21. The molecule has 5 nitrogen and oxygen atoms in total. The van der Waals surface area contributed by atoms with Crippen molar-refractivity contribution in [1.29, 1.82) is 0 Å². The van der Waals surface area contributed by atoms with Gasteiger partial charge in [0.05, 0.1) is 19.9 Å². The lowest BCUT2D eigenvalue weighted by atomic mass is 10.1. The largest absolute Gasteiger partial charge is 0.493 e. The minimum absolute atomic E-state index is 0.617. The number of carbonyl (C=O) groups excluding carboxylic acids is 1. The van der Waals surface area contributed by atoms with E-state index in [0.717, 1.165) is 28.9 Å². The second-order valence-electron chi connectivity index (χ2n) is 4.92. The number of hydrogen-bond acceptors (Lipinski definition) is 4. The maximum Gasteiger partial charge on any atom is 0.161 e. The zero-order valence-corrected chi connectivity index (χ0v) is 12.7. The van der Waals surface area contributed by atoms with Gasteiger partial charge in [-0.3, -0.25) is 4.79 Å². The SMILES string of the molecule is COc1ccc(-c2nc3ccc(C=O)cn3c2C)cc1OC. The van der Waals surface area contributed by atoms with Crippen molar-refractivity contribution in [1.82, 2.24) is 9.38 Å². The quantitative estimate of drug-likeness (QED) is 0.694. The first-order valence-electron chi connectivity index (χ1n) is 6.84. The predicted molar refractivity (Wildman–Crippen MR) is 83.9 cm³/mol. The third kappa shape index (κ3) is 2.20. The van der Waals surface area contributed by atoms with Crippen molar-refractivity contribution in [2.45, 2.75) is 6.92 Å². The monoisotopic (exact) mass is 296 g/mol. The predicted octanol–water partition coefficient (Wildman–Crippen LogP) is 3.14. The molecule has 0 aliphatic heterocycles. The van der Waals surface area contributed by atoms with Crippen LogP contribution in [0, 0.1) is 6.92 Å². The van der Waals surface area contributed by atoms with Crippen molar-refractivity contribution in [2.24, 2.45) is 0 Å². The Morgan fingerprint density at radius 3 is 2.55 bits per heavy atom. The van der Waals surface area contributed by atoms with E-state index in [0.29, 0.717) is 17.1 Å². The molecule has 5 heteroatoms. The number of imidazole rings is 1. The molecule has 0 spiro atoms. The fourth-order valence-electron chi connectivity index (χ4n) is 2.51. The Labute approximate surface area is 128 Å². The van der Waals surface area contributed by atoms with Crippen LogP contribution in [0.25, 0.3) is 16.9 Å². The zero-order valence-electron chi connectivity index (χ0n) is 12.7. The molecule has 0 saturated heterocycles. The van der Waals surface area contributed by atoms with Crippen molar-refractivity contribution >= 4 is 11.9 Å². The van der Waals surface area contributed by atoms with Crippen LogP contribution in [0.4, 0.5) is 0 Å². The number of carbonyl (C=O) groups is 1. The first-order valence-corrected chi connectivity index (χ1v) is 6.84. The van der Waals surface area contributed by atoms with Gasteiger partial charge in [0.15, 0.2) is 17.8 Å². The molecule has 22 heavy (non-hydrogen) atoms. The average Bonchev–Trinajstić information content (AvgIpc) is 2.90. The van der Waals surface area contributed by atoms with Gasteiger partial charge in [-0.25, -0.2) is 4.98 Å². The van der Waals surface area contributed by atoms with Crippen LogP contribution in [-0.2, 0) is 0 Å². The van der Waals surface area contributed by atoms with Crippen LogP contribution >= 0.6 is 0 Å². The number of benzene rings is 1. The van der Waals surface area contributed by atoms with Crippen molar-refractivity contribution in [3.05, 3.63) is 47.8 Å². The Morgan fingerprint density at radius 1 is 1.09 bits per heavy atom. The van der Waals surface area contributed by atoms with Gasteiger partial charge in [0.25, 0.3) is 0 Å². The number of fused-ring (bicyclic) bond motifs is 1. The summed E-state index contributed by atoms with van der Waals surface area (Å²) in [5, 5.41) is 0. The third-order valence-electron chi connectivity index (χ3n) is 3.67. The summed E-state index contributed by atoms with van der Waals surface area (Å²) in [6.07, 6.45) is 2.61. The maximum atomic E-state index is 10.9. The molecule has 0 aliphatic rings. The highest BCUT2D eigenvalue weighted by atomic mass is 16.5. The maximum absolute atomic E-state index is 10.9. The highest BCUT2D eigenvalue weighted by Gasteiger charge is 2.13. The first-order chi connectivity index (χ1) is 10.7. The molecule has 0 amide bonds.